The molecular formula is C20H21FN2O3S. The molecule has 0 radical (unpaired) electrons. The molecule has 0 aromatic heterocycles. The third kappa shape index (κ3) is 3.56. The number of fused-ring (bicyclic) bond motifs is 1. The van der Waals surface area contributed by atoms with Crippen molar-refractivity contribution in [3.8, 4) is 0 Å². The van der Waals surface area contributed by atoms with Gasteiger partial charge in [0, 0.05) is 18.2 Å². The number of carbonyl (C=O) groups excluding carboxylic acids is 1. The number of rotatable bonds is 4. The molecule has 0 bridgehead atoms. The van der Waals surface area contributed by atoms with Crippen molar-refractivity contribution in [2.75, 3.05) is 16.2 Å². The number of hydrogen-bond acceptors (Lipinski definition) is 3. The fraction of sp³-hybridized carbons (Fsp3) is 0.350. The molecule has 0 atom stereocenters. The largest absolute Gasteiger partial charge is 0.312 e. The van der Waals surface area contributed by atoms with Gasteiger partial charge in [-0.05, 0) is 61.2 Å². The standard InChI is InChI=1S/C20H21FN2O3S/c21-16-6-9-18(10-7-16)27(25,26)22-17-8-5-14-11-12-23(19(14)13-17)20(24)15-3-1-2-4-15/h5-10,13,15,22H,1-4,11-12H2. The number of carbonyl (C=O) groups is 1. The number of nitrogens with zero attached hydrogens (tertiary/aromatic N) is 1. The molecular weight excluding hydrogens is 367 g/mol. The minimum atomic E-state index is -3.82. The van der Waals surface area contributed by atoms with Crippen LogP contribution in [0.5, 0.6) is 0 Å². The molecule has 2 aromatic carbocycles. The minimum Gasteiger partial charge on any atom is -0.312 e. The first-order chi connectivity index (χ1) is 12.9. The molecule has 0 saturated heterocycles. The van der Waals surface area contributed by atoms with E-state index >= 15 is 0 Å². The Balaban J connectivity index is 1.58. The van der Waals surface area contributed by atoms with Gasteiger partial charge in [-0.1, -0.05) is 18.9 Å². The van der Waals surface area contributed by atoms with Crippen molar-refractivity contribution in [1.82, 2.24) is 0 Å². The maximum absolute atomic E-state index is 13.0. The van der Waals surface area contributed by atoms with Crippen molar-refractivity contribution in [3.05, 3.63) is 53.8 Å². The van der Waals surface area contributed by atoms with Crippen molar-refractivity contribution in [2.24, 2.45) is 5.92 Å². The molecule has 2 aliphatic rings. The summed E-state index contributed by atoms with van der Waals surface area (Å²) in [6.07, 6.45) is 4.82. The van der Waals surface area contributed by atoms with Crippen molar-refractivity contribution < 1.29 is 17.6 Å². The van der Waals surface area contributed by atoms with Crippen LogP contribution in [0.3, 0.4) is 0 Å². The van der Waals surface area contributed by atoms with Crippen LogP contribution in [0, 0.1) is 11.7 Å². The van der Waals surface area contributed by atoms with Crippen LogP contribution in [0.25, 0.3) is 0 Å². The van der Waals surface area contributed by atoms with Crippen molar-refractivity contribution >= 4 is 27.3 Å². The summed E-state index contributed by atoms with van der Waals surface area (Å²) in [6.45, 7) is 0.638. The molecule has 1 aliphatic carbocycles. The second-order valence-electron chi connectivity index (χ2n) is 7.12. The normalized spacial score (nSPS) is 17.1. The summed E-state index contributed by atoms with van der Waals surface area (Å²) < 4.78 is 40.6. The second kappa shape index (κ2) is 6.96. The lowest BCUT2D eigenvalue weighted by Gasteiger charge is -2.21. The number of anilines is 2. The Bertz CT molecular complexity index is 967. The van der Waals surface area contributed by atoms with Crippen molar-refractivity contribution in [1.29, 1.82) is 0 Å². The number of sulfonamides is 1. The SMILES string of the molecule is O=C(C1CCCC1)N1CCc2ccc(NS(=O)(=O)c3ccc(F)cc3)cc21. The van der Waals surface area contributed by atoms with Gasteiger partial charge in [0.15, 0.2) is 0 Å². The number of amides is 1. The summed E-state index contributed by atoms with van der Waals surface area (Å²) in [7, 11) is -3.82. The van der Waals surface area contributed by atoms with Crippen molar-refractivity contribution in [3.63, 3.8) is 0 Å². The van der Waals surface area contributed by atoms with Gasteiger partial charge in [0.1, 0.15) is 5.82 Å². The molecule has 7 heteroatoms. The molecule has 1 saturated carbocycles. The fourth-order valence-corrected chi connectivity index (χ4v) is 4.94. The smallest absolute Gasteiger partial charge is 0.261 e. The summed E-state index contributed by atoms with van der Waals surface area (Å²) in [5, 5.41) is 0. The summed E-state index contributed by atoms with van der Waals surface area (Å²) in [5.74, 6) is -0.271. The molecule has 0 spiro atoms. The highest BCUT2D eigenvalue weighted by molar-refractivity contribution is 7.92. The summed E-state index contributed by atoms with van der Waals surface area (Å²) in [5.41, 5.74) is 2.22. The Morgan fingerprint density at radius 3 is 2.48 bits per heavy atom. The van der Waals surface area contributed by atoms with Gasteiger partial charge in [0.2, 0.25) is 5.91 Å². The molecule has 1 N–H and O–H groups in total. The second-order valence-corrected chi connectivity index (χ2v) is 8.81. The molecule has 27 heavy (non-hydrogen) atoms. The minimum absolute atomic E-state index is 0.0108. The van der Waals surface area contributed by atoms with Gasteiger partial charge in [-0.15, -0.1) is 0 Å². The average Bonchev–Trinajstić information content (AvgIpc) is 3.31. The first-order valence-corrected chi connectivity index (χ1v) is 10.6. The van der Waals surface area contributed by atoms with Gasteiger partial charge in [0.05, 0.1) is 10.6 Å². The van der Waals surface area contributed by atoms with Crippen LogP contribution in [0.1, 0.15) is 31.2 Å². The van der Waals surface area contributed by atoms with E-state index in [2.05, 4.69) is 4.72 Å². The zero-order valence-electron chi connectivity index (χ0n) is 14.8. The van der Waals surface area contributed by atoms with E-state index in [9.17, 15) is 17.6 Å². The van der Waals surface area contributed by atoms with Crippen molar-refractivity contribution in [2.45, 2.75) is 37.0 Å². The molecule has 0 unspecified atom stereocenters. The van der Waals surface area contributed by atoms with Crippen LogP contribution >= 0.6 is 0 Å². The van der Waals surface area contributed by atoms with Crippen LogP contribution in [0.4, 0.5) is 15.8 Å². The lowest BCUT2D eigenvalue weighted by molar-refractivity contribution is -0.122. The summed E-state index contributed by atoms with van der Waals surface area (Å²) in [4.78, 5) is 14.6. The third-order valence-electron chi connectivity index (χ3n) is 5.33. The summed E-state index contributed by atoms with van der Waals surface area (Å²) in [6, 6.07) is 9.94. The predicted octanol–water partition coefficient (Wildman–Crippen LogP) is 3.71. The molecule has 1 aliphatic heterocycles. The fourth-order valence-electron chi connectivity index (χ4n) is 3.89. The number of hydrogen-bond donors (Lipinski definition) is 1. The Hall–Kier alpha value is -2.41. The topological polar surface area (TPSA) is 66.5 Å². The van der Waals surface area contributed by atoms with Crippen LogP contribution in [0.2, 0.25) is 0 Å². The Kier molecular flexibility index (Phi) is 4.63. The molecule has 1 amide bonds. The van der Waals surface area contributed by atoms with Crippen LogP contribution < -0.4 is 9.62 Å². The van der Waals surface area contributed by atoms with E-state index in [-0.39, 0.29) is 16.7 Å². The lowest BCUT2D eigenvalue weighted by Crippen LogP contribution is -2.33. The van der Waals surface area contributed by atoms with E-state index in [4.69, 9.17) is 0 Å². The monoisotopic (exact) mass is 388 g/mol. The first-order valence-electron chi connectivity index (χ1n) is 9.17. The lowest BCUT2D eigenvalue weighted by atomic mass is 10.1. The quantitative estimate of drug-likeness (QED) is 0.868. The highest BCUT2D eigenvalue weighted by atomic mass is 32.2. The molecule has 1 fully saturated rings. The van der Waals surface area contributed by atoms with Gasteiger partial charge >= 0.3 is 0 Å². The average molecular weight is 388 g/mol. The number of benzene rings is 2. The Morgan fingerprint density at radius 1 is 1.07 bits per heavy atom. The van der Waals surface area contributed by atoms with Gasteiger partial charge in [0.25, 0.3) is 10.0 Å². The van der Waals surface area contributed by atoms with E-state index in [1.807, 2.05) is 6.07 Å². The zero-order chi connectivity index (χ0) is 19.0. The maximum Gasteiger partial charge on any atom is 0.261 e. The van der Waals surface area contributed by atoms with Crippen LogP contribution in [0.15, 0.2) is 47.4 Å². The highest BCUT2D eigenvalue weighted by Crippen LogP contribution is 2.35. The molecule has 1 heterocycles. The zero-order valence-corrected chi connectivity index (χ0v) is 15.6. The molecule has 142 valence electrons. The Morgan fingerprint density at radius 2 is 1.78 bits per heavy atom. The van der Waals surface area contributed by atoms with Crippen LogP contribution in [-0.2, 0) is 21.2 Å². The van der Waals surface area contributed by atoms with Gasteiger partial charge in [-0.25, -0.2) is 12.8 Å². The van der Waals surface area contributed by atoms with Gasteiger partial charge < -0.3 is 4.90 Å². The predicted molar refractivity (Wildman–Crippen MR) is 102 cm³/mol. The first kappa shape index (κ1) is 18.0. The number of halogens is 1. The third-order valence-corrected chi connectivity index (χ3v) is 6.72. The van der Waals surface area contributed by atoms with E-state index < -0.39 is 15.8 Å². The molecule has 4 rings (SSSR count). The van der Waals surface area contributed by atoms with E-state index in [0.717, 1.165) is 55.5 Å². The summed E-state index contributed by atoms with van der Waals surface area (Å²) >= 11 is 0. The van der Waals surface area contributed by atoms with Gasteiger partial charge in [-0.2, -0.15) is 0 Å². The maximum atomic E-state index is 13.0. The molecule has 2 aromatic rings. The van der Waals surface area contributed by atoms with E-state index in [1.54, 1.807) is 17.0 Å². The Labute approximate surface area is 158 Å². The van der Waals surface area contributed by atoms with Crippen LogP contribution in [-0.4, -0.2) is 20.9 Å². The van der Waals surface area contributed by atoms with Gasteiger partial charge in [-0.3, -0.25) is 9.52 Å². The van der Waals surface area contributed by atoms with E-state index in [1.165, 1.54) is 12.1 Å². The number of nitrogens with one attached hydrogen (secondary N) is 1. The highest BCUT2D eigenvalue weighted by Gasteiger charge is 2.32. The van der Waals surface area contributed by atoms with E-state index in [0.29, 0.717) is 12.2 Å². The molecule has 5 nitrogen and oxygen atoms in total.